The van der Waals surface area contributed by atoms with Crippen LogP contribution in [-0.2, 0) is 14.8 Å². The first-order chi connectivity index (χ1) is 13.8. The molecule has 0 aromatic heterocycles. The molecule has 8 heteroatoms. The number of methoxy groups -OCH3 is 1. The number of rotatable bonds is 6. The number of halogens is 1. The van der Waals surface area contributed by atoms with Gasteiger partial charge in [-0.2, -0.15) is 0 Å². The largest absolute Gasteiger partial charge is 0.465 e. The molecule has 0 aliphatic carbocycles. The highest BCUT2D eigenvalue weighted by molar-refractivity contribution is 7.92. The molecule has 0 aliphatic rings. The number of carbonyl (C=O) groups excluding carboxylic acids is 1. The van der Waals surface area contributed by atoms with Crippen molar-refractivity contribution in [2.45, 2.75) is 4.90 Å². The number of hydrogen-bond acceptors (Lipinski definition) is 5. The van der Waals surface area contributed by atoms with E-state index in [1.165, 1.54) is 13.1 Å². The Kier molecular flexibility index (Phi) is 5.84. The summed E-state index contributed by atoms with van der Waals surface area (Å²) in [5.41, 5.74) is 0.133. The first kappa shape index (κ1) is 20.3. The van der Waals surface area contributed by atoms with Gasteiger partial charge in [0.05, 0.1) is 18.4 Å². The Hall–Kier alpha value is -3.39. The summed E-state index contributed by atoms with van der Waals surface area (Å²) in [4.78, 5) is 11.1. The molecule has 3 rings (SSSR count). The van der Waals surface area contributed by atoms with E-state index < -0.39 is 26.7 Å². The van der Waals surface area contributed by atoms with Crippen molar-refractivity contribution < 1.29 is 27.1 Å². The number of benzene rings is 3. The van der Waals surface area contributed by atoms with Crippen LogP contribution in [0.5, 0.6) is 11.5 Å². The molecule has 29 heavy (non-hydrogen) atoms. The van der Waals surface area contributed by atoms with Crippen LogP contribution < -0.4 is 9.04 Å². The van der Waals surface area contributed by atoms with Crippen LogP contribution in [0.3, 0.4) is 0 Å². The topological polar surface area (TPSA) is 72.9 Å². The third-order valence-electron chi connectivity index (χ3n) is 4.17. The molecule has 3 aromatic rings. The van der Waals surface area contributed by atoms with E-state index in [0.29, 0.717) is 5.75 Å². The summed E-state index contributed by atoms with van der Waals surface area (Å²) >= 11 is 0. The Morgan fingerprint density at radius 1 is 0.966 bits per heavy atom. The third-order valence-corrected chi connectivity index (χ3v) is 5.95. The molecule has 3 aromatic carbocycles. The van der Waals surface area contributed by atoms with E-state index in [-0.39, 0.29) is 17.0 Å². The van der Waals surface area contributed by atoms with Gasteiger partial charge in [-0.25, -0.2) is 17.6 Å². The van der Waals surface area contributed by atoms with E-state index in [0.717, 1.165) is 29.6 Å². The van der Waals surface area contributed by atoms with Gasteiger partial charge in [0.25, 0.3) is 10.0 Å². The lowest BCUT2D eigenvalue weighted by atomic mass is 10.2. The van der Waals surface area contributed by atoms with E-state index in [1.54, 1.807) is 42.5 Å². The number of nitrogens with zero attached hydrogens (tertiary/aromatic N) is 1. The average Bonchev–Trinajstić information content (AvgIpc) is 2.74. The smallest absolute Gasteiger partial charge is 0.337 e. The lowest BCUT2D eigenvalue weighted by molar-refractivity contribution is 0.0600. The van der Waals surface area contributed by atoms with Crippen LogP contribution in [0.1, 0.15) is 10.4 Å². The highest BCUT2D eigenvalue weighted by Gasteiger charge is 2.28. The normalized spacial score (nSPS) is 11.0. The summed E-state index contributed by atoms with van der Waals surface area (Å²) in [6.45, 7) is 0. The van der Waals surface area contributed by atoms with Crippen LogP contribution >= 0.6 is 0 Å². The Morgan fingerprint density at radius 3 is 2.31 bits per heavy atom. The average molecular weight is 415 g/mol. The number of ether oxygens (including phenoxy) is 2. The van der Waals surface area contributed by atoms with E-state index in [4.69, 9.17) is 4.74 Å². The number of anilines is 1. The van der Waals surface area contributed by atoms with E-state index in [2.05, 4.69) is 4.74 Å². The second-order valence-electron chi connectivity index (χ2n) is 5.99. The van der Waals surface area contributed by atoms with Crippen molar-refractivity contribution in [3.8, 4) is 11.5 Å². The number of sulfonamides is 1. The first-order valence-corrected chi connectivity index (χ1v) is 9.97. The maximum absolute atomic E-state index is 14.4. The summed E-state index contributed by atoms with van der Waals surface area (Å²) in [5.74, 6) is -0.957. The van der Waals surface area contributed by atoms with Gasteiger partial charge in [0.2, 0.25) is 0 Å². The molecule has 0 saturated carbocycles. The fraction of sp³-hybridized carbons (Fsp3) is 0.0952. The molecule has 0 saturated heterocycles. The summed E-state index contributed by atoms with van der Waals surface area (Å²) in [5, 5.41) is 0. The Labute approximate surface area is 168 Å². The molecule has 0 spiro atoms. The zero-order valence-electron chi connectivity index (χ0n) is 15.7. The van der Waals surface area contributed by atoms with Crippen molar-refractivity contribution in [1.82, 2.24) is 0 Å². The molecule has 0 radical (unpaired) electrons. The molecule has 6 nitrogen and oxygen atoms in total. The van der Waals surface area contributed by atoms with Crippen LogP contribution in [0, 0.1) is 5.82 Å². The van der Waals surface area contributed by atoms with Gasteiger partial charge < -0.3 is 9.47 Å². The maximum Gasteiger partial charge on any atom is 0.337 e. The SMILES string of the molecule is COC(=O)c1ccc(F)c(S(=O)(=O)N(C)c2ccccc2Oc2ccccc2)c1. The predicted molar refractivity (Wildman–Crippen MR) is 106 cm³/mol. The first-order valence-electron chi connectivity index (χ1n) is 8.53. The number of esters is 1. The van der Waals surface area contributed by atoms with Gasteiger partial charge in [-0.05, 0) is 42.5 Å². The molecular weight excluding hydrogens is 397 g/mol. The number of carbonyl (C=O) groups is 1. The molecule has 150 valence electrons. The minimum atomic E-state index is -4.33. The van der Waals surface area contributed by atoms with Gasteiger partial charge in [0.15, 0.2) is 5.75 Å². The highest BCUT2D eigenvalue weighted by Crippen LogP contribution is 2.34. The van der Waals surface area contributed by atoms with E-state index >= 15 is 0 Å². The van der Waals surface area contributed by atoms with Crippen LogP contribution in [0.4, 0.5) is 10.1 Å². The van der Waals surface area contributed by atoms with Gasteiger partial charge >= 0.3 is 5.97 Å². The van der Waals surface area contributed by atoms with E-state index in [9.17, 15) is 17.6 Å². The minimum absolute atomic E-state index is 0.0744. The summed E-state index contributed by atoms with van der Waals surface area (Å²) < 4.78 is 51.9. The molecule has 0 amide bonds. The molecule has 0 bridgehead atoms. The van der Waals surface area contributed by atoms with Crippen LogP contribution in [0.25, 0.3) is 0 Å². The fourth-order valence-corrected chi connectivity index (χ4v) is 3.94. The predicted octanol–water partition coefficient (Wildman–Crippen LogP) is 4.23. The zero-order valence-corrected chi connectivity index (χ0v) is 16.5. The van der Waals surface area contributed by atoms with Crippen molar-refractivity contribution in [3.05, 3.63) is 84.2 Å². The number of hydrogen-bond donors (Lipinski definition) is 0. The molecule has 0 atom stereocenters. The van der Waals surface area contributed by atoms with Gasteiger partial charge in [-0.15, -0.1) is 0 Å². The van der Waals surface area contributed by atoms with Gasteiger partial charge in [0.1, 0.15) is 16.5 Å². The van der Waals surface area contributed by atoms with Gasteiger partial charge in [-0.3, -0.25) is 4.31 Å². The number of para-hydroxylation sites is 3. The Balaban J connectivity index is 2.03. The molecular formula is C21H18FNO5S. The molecule has 0 N–H and O–H groups in total. The molecule has 0 unspecified atom stereocenters. The maximum atomic E-state index is 14.4. The fourth-order valence-electron chi connectivity index (χ4n) is 2.64. The van der Waals surface area contributed by atoms with Crippen molar-refractivity contribution >= 4 is 21.7 Å². The lowest BCUT2D eigenvalue weighted by Crippen LogP contribution is -2.28. The second kappa shape index (κ2) is 8.32. The van der Waals surface area contributed by atoms with Crippen LogP contribution in [-0.4, -0.2) is 28.5 Å². The second-order valence-corrected chi connectivity index (χ2v) is 7.93. The van der Waals surface area contributed by atoms with Crippen molar-refractivity contribution in [3.63, 3.8) is 0 Å². The Bertz CT molecular complexity index is 1130. The summed E-state index contributed by atoms with van der Waals surface area (Å²) in [7, 11) is -1.89. The van der Waals surface area contributed by atoms with E-state index in [1.807, 2.05) is 6.07 Å². The van der Waals surface area contributed by atoms with Crippen molar-refractivity contribution in [1.29, 1.82) is 0 Å². The third kappa shape index (κ3) is 4.22. The van der Waals surface area contributed by atoms with Crippen LogP contribution in [0.15, 0.2) is 77.7 Å². The van der Waals surface area contributed by atoms with Gasteiger partial charge in [0, 0.05) is 7.05 Å². The molecule has 0 aliphatic heterocycles. The van der Waals surface area contributed by atoms with Gasteiger partial charge in [-0.1, -0.05) is 30.3 Å². The molecule has 0 heterocycles. The quantitative estimate of drug-likeness (QED) is 0.564. The van der Waals surface area contributed by atoms with Crippen LogP contribution in [0.2, 0.25) is 0 Å². The highest BCUT2D eigenvalue weighted by atomic mass is 32.2. The summed E-state index contributed by atoms with van der Waals surface area (Å²) in [6, 6.07) is 18.4. The minimum Gasteiger partial charge on any atom is -0.465 e. The zero-order chi connectivity index (χ0) is 21.0. The lowest BCUT2D eigenvalue weighted by Gasteiger charge is -2.22. The van der Waals surface area contributed by atoms with Crippen molar-refractivity contribution in [2.75, 3.05) is 18.5 Å². The summed E-state index contributed by atoms with van der Waals surface area (Å²) in [6.07, 6.45) is 0. The molecule has 0 fully saturated rings. The monoisotopic (exact) mass is 415 g/mol. The Morgan fingerprint density at radius 2 is 1.62 bits per heavy atom. The van der Waals surface area contributed by atoms with Crippen molar-refractivity contribution in [2.24, 2.45) is 0 Å². The standard InChI is InChI=1S/C21H18FNO5S/c1-23(18-10-6-7-11-19(18)28-16-8-4-3-5-9-16)29(25,26)20-14-15(21(24)27-2)12-13-17(20)22/h3-14H,1-2H3.